The largest absolute Gasteiger partial charge is 0.461 e. The molecule has 0 spiro atoms. The van der Waals surface area contributed by atoms with Crippen molar-refractivity contribution in [2.75, 3.05) is 32.1 Å². The van der Waals surface area contributed by atoms with Crippen LogP contribution in [0, 0.1) is 0 Å². The average molecular weight is 810 g/mol. The number of anilines is 1. The normalized spacial score (nSPS) is 12.4. The Morgan fingerprint density at radius 2 is 1.70 bits per heavy atom. The zero-order valence-corrected chi connectivity index (χ0v) is 34.1. The van der Waals surface area contributed by atoms with Crippen LogP contribution in [0.2, 0.25) is 5.02 Å². The molecule has 11 nitrogen and oxygen atoms in total. The Hall–Kier alpha value is -5.14. The van der Waals surface area contributed by atoms with Gasteiger partial charge in [-0.3, -0.25) is 24.1 Å². The summed E-state index contributed by atoms with van der Waals surface area (Å²) in [6, 6.07) is 24.4. The number of fused-ring (bicyclic) bond motifs is 1. The van der Waals surface area contributed by atoms with Gasteiger partial charge in [-0.2, -0.15) is 5.10 Å². The molecule has 2 amide bonds. The number of thiophene rings is 1. The molecule has 0 fully saturated rings. The van der Waals surface area contributed by atoms with Gasteiger partial charge in [-0.05, 0) is 72.4 Å². The minimum Gasteiger partial charge on any atom is -0.461 e. The fourth-order valence-electron chi connectivity index (χ4n) is 6.91. The van der Waals surface area contributed by atoms with Crippen molar-refractivity contribution >= 4 is 51.5 Å². The van der Waals surface area contributed by atoms with E-state index in [-0.39, 0.29) is 43.1 Å². The van der Waals surface area contributed by atoms with Gasteiger partial charge in [0.2, 0.25) is 5.91 Å². The molecule has 0 saturated carbocycles. The Morgan fingerprint density at radius 1 is 0.947 bits per heavy atom. The Kier molecular flexibility index (Phi) is 14.4. The van der Waals surface area contributed by atoms with Crippen LogP contribution in [0.15, 0.2) is 91.3 Å². The Balaban J connectivity index is 1.10. The van der Waals surface area contributed by atoms with Gasteiger partial charge >= 0.3 is 5.97 Å². The first-order chi connectivity index (χ1) is 27.6. The van der Waals surface area contributed by atoms with Crippen LogP contribution in [0.5, 0.6) is 0 Å². The zero-order valence-electron chi connectivity index (χ0n) is 32.5. The number of rotatable bonds is 18. The van der Waals surface area contributed by atoms with Gasteiger partial charge in [-0.1, -0.05) is 67.9 Å². The standard InChI is InChI=1S/C44H48ClN5O6S/c1-4-35(5-2)49(22-21-48(3)39(51)18-19-40(52)56-28-30-10-7-6-8-11-30)26-31-12-9-13-32(24-31)43(54)47-44-41(37-20-23-55-29-38(37)57-44)42(53)33-25-46-50(27-33)36-16-14-34(45)15-17-36/h6-17,24-25,27,35H,4-5,18-23,26,28-29H2,1-3H3,(H,47,54). The number of nitrogens with zero attached hydrogens (tertiary/aromatic N) is 4. The molecule has 0 radical (unpaired) electrons. The van der Waals surface area contributed by atoms with E-state index >= 15 is 0 Å². The van der Waals surface area contributed by atoms with Gasteiger partial charge in [-0.15, -0.1) is 11.3 Å². The molecule has 1 N–H and O–H groups in total. The number of nitrogens with one attached hydrogen (secondary N) is 1. The van der Waals surface area contributed by atoms with Crippen molar-refractivity contribution in [2.24, 2.45) is 0 Å². The molecular weight excluding hydrogens is 762 g/mol. The molecule has 1 aliphatic heterocycles. The van der Waals surface area contributed by atoms with Crippen molar-refractivity contribution in [1.82, 2.24) is 19.6 Å². The second-order valence-electron chi connectivity index (χ2n) is 14.0. The fraction of sp³-hybridized carbons (Fsp3) is 0.341. The maximum atomic E-state index is 14.1. The van der Waals surface area contributed by atoms with Gasteiger partial charge in [0.05, 0.1) is 42.6 Å². The van der Waals surface area contributed by atoms with E-state index in [2.05, 4.69) is 29.2 Å². The van der Waals surface area contributed by atoms with Crippen molar-refractivity contribution in [3.8, 4) is 5.69 Å². The van der Waals surface area contributed by atoms with Gasteiger partial charge in [-0.25, -0.2) is 4.68 Å². The molecule has 0 bridgehead atoms. The minimum absolute atomic E-state index is 0.0215. The highest BCUT2D eigenvalue weighted by molar-refractivity contribution is 7.17. The van der Waals surface area contributed by atoms with Crippen LogP contribution >= 0.6 is 22.9 Å². The van der Waals surface area contributed by atoms with Crippen molar-refractivity contribution in [3.63, 3.8) is 0 Å². The second-order valence-corrected chi connectivity index (χ2v) is 15.6. The fourth-order valence-corrected chi connectivity index (χ4v) is 8.21. The molecule has 298 valence electrons. The smallest absolute Gasteiger partial charge is 0.306 e. The number of aromatic nitrogens is 2. The summed E-state index contributed by atoms with van der Waals surface area (Å²) in [5, 5.41) is 8.58. The number of esters is 1. The molecule has 5 aromatic rings. The Bertz CT molecular complexity index is 2160. The molecule has 3 heterocycles. The lowest BCUT2D eigenvalue weighted by atomic mass is 9.99. The van der Waals surface area contributed by atoms with Crippen LogP contribution in [0.4, 0.5) is 5.00 Å². The van der Waals surface area contributed by atoms with Crippen LogP contribution in [0.25, 0.3) is 5.69 Å². The van der Waals surface area contributed by atoms with Crippen LogP contribution in [-0.2, 0) is 45.2 Å². The third-order valence-electron chi connectivity index (χ3n) is 10.2. The van der Waals surface area contributed by atoms with E-state index in [4.69, 9.17) is 21.1 Å². The number of carbonyl (C=O) groups is 4. The second kappa shape index (κ2) is 19.8. The third kappa shape index (κ3) is 10.8. The van der Waals surface area contributed by atoms with Crippen LogP contribution < -0.4 is 5.32 Å². The van der Waals surface area contributed by atoms with E-state index in [9.17, 15) is 19.2 Å². The number of halogens is 1. The molecule has 6 rings (SSSR count). The highest BCUT2D eigenvalue weighted by Crippen LogP contribution is 2.38. The predicted molar refractivity (Wildman–Crippen MR) is 222 cm³/mol. The zero-order chi connectivity index (χ0) is 40.3. The minimum atomic E-state index is -0.402. The van der Waals surface area contributed by atoms with Crippen LogP contribution in [0.1, 0.15) is 87.4 Å². The SMILES string of the molecule is CCC(CC)N(CCN(C)C(=O)CCC(=O)OCc1ccccc1)Cc1cccc(C(=O)Nc2sc3c(c2C(=O)c2cnn(-c4ccc(Cl)cc4)c2)CCOC3)c1. The number of likely N-dealkylation sites (N-methyl/N-ethyl adjacent to an activating group) is 1. The number of carbonyl (C=O) groups excluding carboxylic acids is 4. The predicted octanol–water partition coefficient (Wildman–Crippen LogP) is 8.12. The van der Waals surface area contributed by atoms with Gasteiger partial charge in [0.15, 0.2) is 5.78 Å². The summed E-state index contributed by atoms with van der Waals surface area (Å²) in [5.74, 6) is -1.05. The van der Waals surface area contributed by atoms with E-state index in [0.29, 0.717) is 66.0 Å². The molecule has 0 atom stereocenters. The van der Waals surface area contributed by atoms with E-state index in [1.54, 1.807) is 47.2 Å². The molecule has 2 aromatic heterocycles. The number of ketones is 1. The molecule has 3 aromatic carbocycles. The molecular formula is C44H48ClN5O6S. The highest BCUT2D eigenvalue weighted by Gasteiger charge is 2.29. The van der Waals surface area contributed by atoms with Crippen molar-refractivity contribution in [2.45, 2.75) is 71.8 Å². The first-order valence-electron chi connectivity index (χ1n) is 19.3. The summed E-state index contributed by atoms with van der Waals surface area (Å²) in [6.07, 6.45) is 5.73. The molecule has 0 aliphatic carbocycles. The Labute approximate surface area is 342 Å². The van der Waals surface area contributed by atoms with Gasteiger partial charge in [0.25, 0.3) is 5.91 Å². The van der Waals surface area contributed by atoms with Gasteiger partial charge in [0.1, 0.15) is 11.6 Å². The highest BCUT2D eigenvalue weighted by atomic mass is 35.5. The van der Waals surface area contributed by atoms with E-state index in [1.807, 2.05) is 60.7 Å². The van der Waals surface area contributed by atoms with Crippen molar-refractivity contribution in [1.29, 1.82) is 0 Å². The summed E-state index contributed by atoms with van der Waals surface area (Å²) in [6.45, 7) is 7.02. The summed E-state index contributed by atoms with van der Waals surface area (Å²) < 4.78 is 12.7. The first-order valence-corrected chi connectivity index (χ1v) is 20.5. The number of hydrogen-bond acceptors (Lipinski definition) is 9. The third-order valence-corrected chi connectivity index (χ3v) is 11.6. The topological polar surface area (TPSA) is 123 Å². The maximum Gasteiger partial charge on any atom is 0.306 e. The van der Waals surface area contributed by atoms with E-state index in [1.165, 1.54) is 11.3 Å². The molecule has 13 heteroatoms. The van der Waals surface area contributed by atoms with Crippen molar-refractivity contribution in [3.05, 3.63) is 135 Å². The monoisotopic (exact) mass is 809 g/mol. The summed E-state index contributed by atoms with van der Waals surface area (Å²) in [5.41, 5.74) is 4.87. The number of benzene rings is 3. The summed E-state index contributed by atoms with van der Waals surface area (Å²) in [4.78, 5) is 58.2. The lowest BCUT2D eigenvalue weighted by molar-refractivity contribution is -0.147. The number of hydrogen-bond donors (Lipinski definition) is 1. The quantitative estimate of drug-likeness (QED) is 0.0696. The number of ether oxygens (including phenoxy) is 2. The molecule has 0 unspecified atom stereocenters. The number of amides is 2. The molecule has 0 saturated heterocycles. The van der Waals surface area contributed by atoms with Crippen molar-refractivity contribution < 1.29 is 28.7 Å². The molecule has 57 heavy (non-hydrogen) atoms. The average Bonchev–Trinajstić information content (AvgIpc) is 3.87. The Morgan fingerprint density at radius 3 is 2.46 bits per heavy atom. The molecule has 1 aliphatic rings. The lowest BCUT2D eigenvalue weighted by Crippen LogP contribution is -2.41. The van der Waals surface area contributed by atoms with E-state index in [0.717, 1.165) is 40.1 Å². The van der Waals surface area contributed by atoms with E-state index < -0.39 is 5.97 Å². The summed E-state index contributed by atoms with van der Waals surface area (Å²) in [7, 11) is 1.76. The van der Waals surface area contributed by atoms with Gasteiger partial charge in [0, 0.05) is 60.8 Å². The van der Waals surface area contributed by atoms with Crippen LogP contribution in [0.3, 0.4) is 0 Å². The lowest BCUT2D eigenvalue weighted by Gasteiger charge is -2.32. The summed E-state index contributed by atoms with van der Waals surface area (Å²) >= 11 is 7.43. The first kappa shape index (κ1) is 41.5. The van der Waals surface area contributed by atoms with Crippen LogP contribution in [-0.4, -0.2) is 75.9 Å². The van der Waals surface area contributed by atoms with Gasteiger partial charge < -0.3 is 19.7 Å². The maximum absolute atomic E-state index is 14.1.